The zero-order chi connectivity index (χ0) is 14.8. The standard InChI is InChI=1S/C15H17N3O2S/c1-10-9-12(13-3-2-8-21-13)17-15(16-10)18-6-4-11(5-7-18)14(19)20/h2-3,8-9,11H,4-7H2,1H3,(H,19,20). The molecular formula is C15H17N3O2S. The summed E-state index contributed by atoms with van der Waals surface area (Å²) in [5, 5.41) is 11.1. The van der Waals surface area contributed by atoms with Crippen molar-refractivity contribution in [1.82, 2.24) is 9.97 Å². The monoisotopic (exact) mass is 303 g/mol. The predicted molar refractivity (Wildman–Crippen MR) is 82.7 cm³/mol. The van der Waals surface area contributed by atoms with Crippen molar-refractivity contribution in [2.45, 2.75) is 19.8 Å². The lowest BCUT2D eigenvalue weighted by atomic mass is 9.97. The lowest BCUT2D eigenvalue weighted by Gasteiger charge is -2.30. The third-order valence-electron chi connectivity index (χ3n) is 3.74. The van der Waals surface area contributed by atoms with Crippen molar-refractivity contribution >= 4 is 23.3 Å². The first-order chi connectivity index (χ1) is 10.1. The zero-order valence-electron chi connectivity index (χ0n) is 11.8. The summed E-state index contributed by atoms with van der Waals surface area (Å²) < 4.78 is 0. The van der Waals surface area contributed by atoms with Crippen molar-refractivity contribution in [3.63, 3.8) is 0 Å². The van der Waals surface area contributed by atoms with Gasteiger partial charge in [-0.25, -0.2) is 9.97 Å². The first-order valence-electron chi connectivity index (χ1n) is 7.01. The van der Waals surface area contributed by atoms with Gasteiger partial charge in [0.25, 0.3) is 0 Å². The van der Waals surface area contributed by atoms with Crippen LogP contribution in [0.15, 0.2) is 23.6 Å². The number of aromatic nitrogens is 2. The average Bonchev–Trinajstić information content (AvgIpc) is 3.01. The summed E-state index contributed by atoms with van der Waals surface area (Å²) in [4.78, 5) is 23.4. The third kappa shape index (κ3) is 3.05. The van der Waals surface area contributed by atoms with E-state index in [-0.39, 0.29) is 5.92 Å². The highest BCUT2D eigenvalue weighted by Crippen LogP contribution is 2.27. The van der Waals surface area contributed by atoms with Crippen molar-refractivity contribution in [2.75, 3.05) is 18.0 Å². The summed E-state index contributed by atoms with van der Waals surface area (Å²) in [6.07, 6.45) is 1.31. The molecule has 110 valence electrons. The van der Waals surface area contributed by atoms with Gasteiger partial charge in [-0.05, 0) is 37.3 Å². The SMILES string of the molecule is Cc1cc(-c2cccs2)nc(N2CCC(C(=O)O)CC2)n1. The molecule has 0 aliphatic carbocycles. The highest BCUT2D eigenvalue weighted by molar-refractivity contribution is 7.13. The number of nitrogens with zero attached hydrogens (tertiary/aromatic N) is 3. The van der Waals surface area contributed by atoms with Crippen LogP contribution in [0.4, 0.5) is 5.95 Å². The van der Waals surface area contributed by atoms with Gasteiger partial charge >= 0.3 is 5.97 Å². The Hall–Kier alpha value is -1.95. The molecule has 1 aliphatic rings. The highest BCUT2D eigenvalue weighted by atomic mass is 32.1. The highest BCUT2D eigenvalue weighted by Gasteiger charge is 2.26. The number of anilines is 1. The molecule has 3 rings (SSSR count). The molecule has 0 saturated carbocycles. The number of hydrogen-bond acceptors (Lipinski definition) is 5. The normalized spacial score (nSPS) is 16.1. The number of carbonyl (C=O) groups is 1. The van der Waals surface area contributed by atoms with Crippen LogP contribution in [0, 0.1) is 12.8 Å². The molecule has 3 heterocycles. The lowest BCUT2D eigenvalue weighted by molar-refractivity contribution is -0.142. The van der Waals surface area contributed by atoms with Crippen LogP contribution in [0.2, 0.25) is 0 Å². The number of piperidine rings is 1. The maximum Gasteiger partial charge on any atom is 0.306 e. The van der Waals surface area contributed by atoms with Gasteiger partial charge in [0.2, 0.25) is 5.95 Å². The Morgan fingerprint density at radius 3 is 2.76 bits per heavy atom. The molecule has 0 spiro atoms. The van der Waals surface area contributed by atoms with E-state index in [0.717, 1.165) is 16.3 Å². The van der Waals surface area contributed by atoms with Gasteiger partial charge in [-0.2, -0.15) is 0 Å². The van der Waals surface area contributed by atoms with E-state index in [1.54, 1.807) is 11.3 Å². The molecule has 1 fully saturated rings. The van der Waals surface area contributed by atoms with E-state index >= 15 is 0 Å². The second kappa shape index (κ2) is 5.81. The summed E-state index contributed by atoms with van der Waals surface area (Å²) in [6.45, 7) is 3.36. The Kier molecular flexibility index (Phi) is 3.88. The zero-order valence-corrected chi connectivity index (χ0v) is 12.6. The van der Waals surface area contributed by atoms with Crippen molar-refractivity contribution in [3.8, 4) is 10.6 Å². The van der Waals surface area contributed by atoms with Crippen LogP contribution in [0.3, 0.4) is 0 Å². The Morgan fingerprint density at radius 1 is 1.38 bits per heavy atom. The molecule has 0 atom stereocenters. The number of carboxylic acid groups (broad SMARTS) is 1. The minimum absolute atomic E-state index is 0.233. The second-order valence-electron chi connectivity index (χ2n) is 5.27. The van der Waals surface area contributed by atoms with Gasteiger partial charge in [-0.3, -0.25) is 4.79 Å². The smallest absolute Gasteiger partial charge is 0.306 e. The number of thiophene rings is 1. The summed E-state index contributed by atoms with van der Waals surface area (Å²) in [5.41, 5.74) is 1.87. The van der Waals surface area contributed by atoms with Crippen LogP contribution < -0.4 is 4.90 Å². The molecule has 1 saturated heterocycles. The van der Waals surface area contributed by atoms with Crippen molar-refractivity contribution in [3.05, 3.63) is 29.3 Å². The van der Waals surface area contributed by atoms with Gasteiger partial charge < -0.3 is 10.0 Å². The number of rotatable bonds is 3. The van der Waals surface area contributed by atoms with Crippen LogP contribution in [0.5, 0.6) is 0 Å². The van der Waals surface area contributed by atoms with Crippen LogP contribution in [0.1, 0.15) is 18.5 Å². The average molecular weight is 303 g/mol. The molecule has 1 N–H and O–H groups in total. The molecule has 0 radical (unpaired) electrons. The fraction of sp³-hybridized carbons (Fsp3) is 0.400. The Labute approximate surface area is 127 Å². The Balaban J connectivity index is 1.82. The lowest BCUT2D eigenvalue weighted by Crippen LogP contribution is -2.37. The minimum atomic E-state index is -0.695. The van der Waals surface area contributed by atoms with Crippen LogP contribution in [0.25, 0.3) is 10.6 Å². The van der Waals surface area contributed by atoms with E-state index in [4.69, 9.17) is 5.11 Å². The third-order valence-corrected chi connectivity index (χ3v) is 4.64. The van der Waals surface area contributed by atoms with E-state index in [1.165, 1.54) is 0 Å². The molecule has 0 bridgehead atoms. The van der Waals surface area contributed by atoms with Gasteiger partial charge in [-0.15, -0.1) is 11.3 Å². The van der Waals surface area contributed by atoms with Crippen LogP contribution in [-0.4, -0.2) is 34.1 Å². The summed E-state index contributed by atoms with van der Waals surface area (Å²) >= 11 is 1.66. The number of aryl methyl sites for hydroxylation is 1. The van der Waals surface area contributed by atoms with E-state index in [1.807, 2.05) is 30.5 Å². The molecule has 1 aliphatic heterocycles. The first-order valence-corrected chi connectivity index (χ1v) is 7.89. The summed E-state index contributed by atoms with van der Waals surface area (Å²) in [7, 11) is 0. The van der Waals surface area contributed by atoms with E-state index in [9.17, 15) is 4.79 Å². The largest absolute Gasteiger partial charge is 0.481 e. The van der Waals surface area contributed by atoms with Gasteiger partial charge in [0.05, 0.1) is 16.5 Å². The van der Waals surface area contributed by atoms with Crippen LogP contribution >= 0.6 is 11.3 Å². The van der Waals surface area contributed by atoms with Crippen LogP contribution in [-0.2, 0) is 4.79 Å². The number of aliphatic carboxylic acids is 1. The topological polar surface area (TPSA) is 66.3 Å². The fourth-order valence-electron chi connectivity index (χ4n) is 2.57. The summed E-state index contributed by atoms with van der Waals surface area (Å²) in [6, 6.07) is 6.04. The van der Waals surface area contributed by atoms with Gasteiger partial charge in [0, 0.05) is 18.8 Å². The number of carboxylic acids is 1. The molecular weight excluding hydrogens is 286 g/mol. The second-order valence-corrected chi connectivity index (χ2v) is 6.22. The summed E-state index contributed by atoms with van der Waals surface area (Å²) in [5.74, 6) is -0.218. The molecule has 0 amide bonds. The molecule has 5 nitrogen and oxygen atoms in total. The van der Waals surface area contributed by atoms with Crippen molar-refractivity contribution < 1.29 is 9.90 Å². The number of hydrogen-bond donors (Lipinski definition) is 1. The first kappa shape index (κ1) is 14.0. The van der Waals surface area contributed by atoms with E-state index < -0.39 is 5.97 Å². The van der Waals surface area contributed by atoms with Gasteiger partial charge in [0.1, 0.15) is 0 Å². The van der Waals surface area contributed by atoms with Crippen molar-refractivity contribution in [2.24, 2.45) is 5.92 Å². The van der Waals surface area contributed by atoms with E-state index in [2.05, 4.69) is 14.9 Å². The quantitative estimate of drug-likeness (QED) is 0.944. The molecule has 0 unspecified atom stereocenters. The molecule has 21 heavy (non-hydrogen) atoms. The van der Waals surface area contributed by atoms with Gasteiger partial charge in [0.15, 0.2) is 0 Å². The van der Waals surface area contributed by atoms with Gasteiger partial charge in [-0.1, -0.05) is 6.07 Å². The maximum absolute atomic E-state index is 11.0. The Bertz CT molecular complexity index is 634. The molecule has 0 aromatic carbocycles. The minimum Gasteiger partial charge on any atom is -0.481 e. The molecule has 2 aromatic heterocycles. The fourth-order valence-corrected chi connectivity index (χ4v) is 3.26. The molecule has 2 aromatic rings. The van der Waals surface area contributed by atoms with E-state index in [0.29, 0.717) is 31.9 Å². The maximum atomic E-state index is 11.0. The molecule has 6 heteroatoms. The van der Waals surface area contributed by atoms with Crippen molar-refractivity contribution in [1.29, 1.82) is 0 Å². The Morgan fingerprint density at radius 2 is 2.14 bits per heavy atom. The predicted octanol–water partition coefficient (Wildman–Crippen LogP) is 2.81.